The number of carbonyl (C=O) groups is 1. The van der Waals surface area contributed by atoms with Gasteiger partial charge < -0.3 is 19.7 Å². The number of nitrogens with one attached hydrogen (secondary N) is 1. The van der Waals surface area contributed by atoms with Gasteiger partial charge >= 0.3 is 0 Å². The summed E-state index contributed by atoms with van der Waals surface area (Å²) in [4.78, 5) is 30.6. The standard InChI is InChI=1S/C25H27N7O/c1-18-7-9-20(10-8-18)29-23-15-24(28-19(2)27-23)30-11-13-31(14-12-30)25(33)16-32-17-26-21-5-3-4-6-22(21)32/h3-10,15,17H,11-14,16H2,1-2H3,(H,27,28,29). The lowest BCUT2D eigenvalue weighted by molar-refractivity contribution is -0.132. The number of imidazole rings is 1. The fraction of sp³-hybridized carbons (Fsp3) is 0.280. The summed E-state index contributed by atoms with van der Waals surface area (Å²) >= 11 is 0. The van der Waals surface area contributed by atoms with Gasteiger partial charge in [-0.2, -0.15) is 0 Å². The normalized spacial score (nSPS) is 14.0. The molecule has 0 atom stereocenters. The van der Waals surface area contributed by atoms with Crippen molar-refractivity contribution in [1.82, 2.24) is 24.4 Å². The highest BCUT2D eigenvalue weighted by Crippen LogP contribution is 2.21. The molecule has 1 amide bonds. The lowest BCUT2D eigenvalue weighted by atomic mass is 10.2. The highest BCUT2D eigenvalue weighted by Gasteiger charge is 2.23. The number of nitrogens with zero attached hydrogens (tertiary/aromatic N) is 6. The monoisotopic (exact) mass is 441 g/mol. The molecule has 1 N–H and O–H groups in total. The highest BCUT2D eigenvalue weighted by molar-refractivity contribution is 5.80. The Balaban J connectivity index is 1.23. The third-order valence-electron chi connectivity index (χ3n) is 5.94. The first-order chi connectivity index (χ1) is 16.0. The molecule has 1 aliphatic rings. The zero-order valence-corrected chi connectivity index (χ0v) is 18.9. The Morgan fingerprint density at radius 3 is 2.52 bits per heavy atom. The molecule has 0 saturated carbocycles. The van der Waals surface area contributed by atoms with Crippen LogP contribution in [0.25, 0.3) is 11.0 Å². The molecule has 168 valence electrons. The molecule has 5 rings (SSSR count). The van der Waals surface area contributed by atoms with Crippen LogP contribution in [-0.4, -0.2) is 56.5 Å². The fourth-order valence-electron chi connectivity index (χ4n) is 4.13. The van der Waals surface area contributed by atoms with Gasteiger partial charge in [-0.15, -0.1) is 0 Å². The maximum absolute atomic E-state index is 12.9. The van der Waals surface area contributed by atoms with E-state index in [1.54, 1.807) is 6.33 Å². The third-order valence-corrected chi connectivity index (χ3v) is 5.94. The van der Waals surface area contributed by atoms with Crippen LogP contribution in [0.1, 0.15) is 11.4 Å². The Hall–Kier alpha value is -3.94. The molecule has 0 aliphatic carbocycles. The maximum Gasteiger partial charge on any atom is 0.242 e. The summed E-state index contributed by atoms with van der Waals surface area (Å²) in [7, 11) is 0. The number of aryl methyl sites for hydroxylation is 2. The number of anilines is 3. The minimum Gasteiger partial charge on any atom is -0.353 e. The van der Waals surface area contributed by atoms with E-state index in [-0.39, 0.29) is 5.91 Å². The molecule has 2 aromatic carbocycles. The van der Waals surface area contributed by atoms with Gasteiger partial charge in [-0.25, -0.2) is 15.0 Å². The van der Waals surface area contributed by atoms with Crippen molar-refractivity contribution in [2.75, 3.05) is 36.4 Å². The molecule has 0 spiro atoms. The average molecular weight is 442 g/mol. The maximum atomic E-state index is 12.9. The van der Waals surface area contributed by atoms with Gasteiger partial charge in [0.15, 0.2) is 0 Å². The molecule has 0 radical (unpaired) electrons. The van der Waals surface area contributed by atoms with E-state index in [1.807, 2.05) is 58.9 Å². The molecule has 3 heterocycles. The lowest BCUT2D eigenvalue weighted by Crippen LogP contribution is -2.49. The Morgan fingerprint density at radius 2 is 1.73 bits per heavy atom. The zero-order valence-electron chi connectivity index (χ0n) is 18.9. The average Bonchev–Trinajstić information content (AvgIpc) is 3.23. The van der Waals surface area contributed by atoms with E-state index in [2.05, 4.69) is 44.2 Å². The summed E-state index contributed by atoms with van der Waals surface area (Å²) < 4.78 is 1.92. The molecule has 1 saturated heterocycles. The van der Waals surface area contributed by atoms with Crippen molar-refractivity contribution in [3.05, 3.63) is 72.3 Å². The van der Waals surface area contributed by atoms with Crippen molar-refractivity contribution in [2.45, 2.75) is 20.4 Å². The predicted octanol–water partition coefficient (Wildman–Crippen LogP) is 3.54. The second-order valence-corrected chi connectivity index (χ2v) is 8.38. The second kappa shape index (κ2) is 8.90. The lowest BCUT2D eigenvalue weighted by Gasteiger charge is -2.35. The highest BCUT2D eigenvalue weighted by atomic mass is 16.2. The number of carbonyl (C=O) groups excluding carboxylic acids is 1. The van der Waals surface area contributed by atoms with E-state index in [0.717, 1.165) is 41.4 Å². The molecule has 0 bridgehead atoms. The van der Waals surface area contributed by atoms with Crippen molar-refractivity contribution in [3.63, 3.8) is 0 Å². The molecular formula is C25H27N7O. The predicted molar refractivity (Wildman–Crippen MR) is 130 cm³/mol. The van der Waals surface area contributed by atoms with Crippen LogP contribution in [-0.2, 0) is 11.3 Å². The van der Waals surface area contributed by atoms with Crippen molar-refractivity contribution < 1.29 is 4.79 Å². The fourth-order valence-corrected chi connectivity index (χ4v) is 4.13. The number of rotatable bonds is 5. The zero-order chi connectivity index (χ0) is 22.8. The van der Waals surface area contributed by atoms with Crippen LogP contribution in [0.3, 0.4) is 0 Å². The van der Waals surface area contributed by atoms with Crippen LogP contribution in [0.2, 0.25) is 0 Å². The Bertz CT molecular complexity index is 1270. The molecule has 1 aliphatic heterocycles. The van der Waals surface area contributed by atoms with Crippen molar-refractivity contribution >= 4 is 34.3 Å². The molecule has 0 unspecified atom stereocenters. The molecule has 8 heteroatoms. The summed E-state index contributed by atoms with van der Waals surface area (Å²) in [5, 5.41) is 3.37. The molecular weight excluding hydrogens is 414 g/mol. The van der Waals surface area contributed by atoms with Crippen LogP contribution in [0, 0.1) is 13.8 Å². The molecule has 33 heavy (non-hydrogen) atoms. The number of benzene rings is 2. The van der Waals surface area contributed by atoms with Gasteiger partial charge in [0.1, 0.15) is 24.0 Å². The smallest absolute Gasteiger partial charge is 0.242 e. The van der Waals surface area contributed by atoms with Crippen LogP contribution in [0.4, 0.5) is 17.3 Å². The number of hydrogen-bond donors (Lipinski definition) is 1. The third kappa shape index (κ3) is 4.64. The minimum atomic E-state index is 0.110. The van der Waals surface area contributed by atoms with Gasteiger partial charge in [-0.1, -0.05) is 29.8 Å². The van der Waals surface area contributed by atoms with E-state index in [0.29, 0.717) is 25.5 Å². The molecule has 1 fully saturated rings. The van der Waals surface area contributed by atoms with Gasteiger partial charge in [-0.05, 0) is 38.1 Å². The van der Waals surface area contributed by atoms with Gasteiger partial charge in [-0.3, -0.25) is 4.79 Å². The van der Waals surface area contributed by atoms with Crippen LogP contribution >= 0.6 is 0 Å². The summed E-state index contributed by atoms with van der Waals surface area (Å²) in [6.45, 7) is 7.06. The van der Waals surface area contributed by atoms with Gasteiger partial charge in [0, 0.05) is 37.9 Å². The Morgan fingerprint density at radius 1 is 0.970 bits per heavy atom. The largest absolute Gasteiger partial charge is 0.353 e. The summed E-state index contributed by atoms with van der Waals surface area (Å²) in [5.74, 6) is 2.47. The Kier molecular flexibility index (Phi) is 5.64. The van der Waals surface area contributed by atoms with Crippen molar-refractivity contribution in [2.24, 2.45) is 0 Å². The SMILES string of the molecule is Cc1ccc(Nc2cc(N3CCN(C(=O)Cn4cnc5ccccc54)CC3)nc(C)n2)cc1. The number of fused-ring (bicyclic) bond motifs is 1. The van der Waals surface area contributed by atoms with Crippen LogP contribution < -0.4 is 10.2 Å². The topological polar surface area (TPSA) is 79.2 Å². The van der Waals surface area contributed by atoms with E-state index in [4.69, 9.17) is 0 Å². The first-order valence-corrected chi connectivity index (χ1v) is 11.2. The second-order valence-electron chi connectivity index (χ2n) is 8.38. The minimum absolute atomic E-state index is 0.110. The molecule has 2 aromatic heterocycles. The molecule has 4 aromatic rings. The number of para-hydroxylation sites is 2. The quantitative estimate of drug-likeness (QED) is 0.510. The first kappa shape index (κ1) is 20.9. The van der Waals surface area contributed by atoms with Crippen LogP contribution in [0.15, 0.2) is 60.9 Å². The van der Waals surface area contributed by atoms with E-state index in [1.165, 1.54) is 5.56 Å². The summed E-state index contributed by atoms with van der Waals surface area (Å²) in [6.07, 6.45) is 1.74. The number of piperazine rings is 1. The van der Waals surface area contributed by atoms with E-state index >= 15 is 0 Å². The number of aromatic nitrogens is 4. The van der Waals surface area contributed by atoms with Gasteiger partial charge in [0.2, 0.25) is 5.91 Å². The Labute approximate surface area is 192 Å². The summed E-state index contributed by atoms with van der Waals surface area (Å²) in [5.41, 5.74) is 4.10. The van der Waals surface area contributed by atoms with Crippen molar-refractivity contribution in [1.29, 1.82) is 0 Å². The van der Waals surface area contributed by atoms with Crippen LogP contribution in [0.5, 0.6) is 0 Å². The van der Waals surface area contributed by atoms with Gasteiger partial charge in [0.25, 0.3) is 0 Å². The number of amides is 1. The van der Waals surface area contributed by atoms with Crippen molar-refractivity contribution in [3.8, 4) is 0 Å². The first-order valence-electron chi connectivity index (χ1n) is 11.2. The van der Waals surface area contributed by atoms with E-state index in [9.17, 15) is 4.79 Å². The van der Waals surface area contributed by atoms with E-state index < -0.39 is 0 Å². The number of hydrogen-bond acceptors (Lipinski definition) is 6. The molecule has 8 nitrogen and oxygen atoms in total. The summed E-state index contributed by atoms with van der Waals surface area (Å²) in [6, 6.07) is 18.1. The van der Waals surface area contributed by atoms with Gasteiger partial charge in [0.05, 0.1) is 17.4 Å².